The van der Waals surface area contributed by atoms with Crippen LogP contribution in [0, 0.1) is 26.6 Å². The van der Waals surface area contributed by atoms with Crippen molar-refractivity contribution in [3.05, 3.63) is 137 Å². The van der Waals surface area contributed by atoms with Crippen LogP contribution in [0.1, 0.15) is 39.7 Å². The Bertz CT molecular complexity index is 1620. The molecule has 0 radical (unpaired) electrons. The van der Waals surface area contributed by atoms with Gasteiger partial charge in [-0.3, -0.25) is 4.57 Å². The van der Waals surface area contributed by atoms with Gasteiger partial charge >= 0.3 is 6.03 Å². The number of nitrogens with zero attached hydrogens (tertiary/aromatic N) is 3. The zero-order valence-electron chi connectivity index (χ0n) is 23.3. The molecule has 1 atom stereocenters. The van der Waals surface area contributed by atoms with E-state index in [1.165, 1.54) is 23.9 Å². The molecular weight excluding hydrogens is 533 g/mol. The van der Waals surface area contributed by atoms with Crippen LogP contribution in [0.4, 0.5) is 14.9 Å². The SMILES string of the molecule is Cc1ccc(-n2c(SCc3ccc(F)cc3)nnc2C(Cc2ccccc2)NC(=O)Nc2ccc(C)cc2C)cc1. The second kappa shape index (κ2) is 12.8. The van der Waals surface area contributed by atoms with E-state index in [9.17, 15) is 9.18 Å². The summed E-state index contributed by atoms with van der Waals surface area (Å²) in [6, 6.07) is 29.7. The molecule has 1 heterocycles. The lowest BCUT2D eigenvalue weighted by atomic mass is 10.1. The number of rotatable bonds is 9. The van der Waals surface area contributed by atoms with Crippen molar-refractivity contribution in [1.82, 2.24) is 20.1 Å². The van der Waals surface area contributed by atoms with E-state index in [1.54, 1.807) is 12.1 Å². The quantitative estimate of drug-likeness (QED) is 0.179. The Morgan fingerprint density at radius 3 is 2.27 bits per heavy atom. The maximum atomic E-state index is 13.4. The number of nitrogens with one attached hydrogen (secondary N) is 2. The van der Waals surface area contributed by atoms with Crippen LogP contribution in [-0.2, 0) is 12.2 Å². The first-order chi connectivity index (χ1) is 19.9. The third kappa shape index (κ3) is 7.21. The fourth-order valence-corrected chi connectivity index (χ4v) is 5.51. The number of aromatic nitrogens is 3. The standard InChI is InChI=1S/C33H32FN5OS/c1-22-9-16-28(17-10-22)39-31(37-38-33(39)41-21-26-12-14-27(34)15-13-26)30(20-25-7-5-4-6-8-25)36-32(40)35-29-18-11-23(2)19-24(29)3/h4-19,30H,20-21H2,1-3H3,(H2,35,36,40). The minimum Gasteiger partial charge on any atom is -0.327 e. The number of anilines is 1. The molecule has 6 nitrogen and oxygen atoms in total. The molecule has 4 aromatic carbocycles. The first-order valence-corrected chi connectivity index (χ1v) is 14.4. The molecule has 0 saturated carbocycles. The molecule has 2 amide bonds. The topological polar surface area (TPSA) is 71.8 Å². The van der Waals surface area contributed by atoms with Crippen molar-refractivity contribution in [3.8, 4) is 5.69 Å². The van der Waals surface area contributed by atoms with Gasteiger partial charge in [-0.15, -0.1) is 10.2 Å². The second-order valence-corrected chi connectivity index (χ2v) is 11.0. The number of amides is 2. The maximum Gasteiger partial charge on any atom is 0.319 e. The van der Waals surface area contributed by atoms with Crippen molar-refractivity contribution < 1.29 is 9.18 Å². The van der Waals surface area contributed by atoms with Crippen LogP contribution in [0.15, 0.2) is 102 Å². The molecule has 0 aliphatic carbocycles. The van der Waals surface area contributed by atoms with Crippen LogP contribution < -0.4 is 10.6 Å². The molecule has 0 bridgehead atoms. The molecule has 2 N–H and O–H groups in total. The maximum absolute atomic E-state index is 13.4. The summed E-state index contributed by atoms with van der Waals surface area (Å²) in [7, 11) is 0. The number of hydrogen-bond acceptors (Lipinski definition) is 4. The van der Waals surface area contributed by atoms with Crippen molar-refractivity contribution in [1.29, 1.82) is 0 Å². The number of aryl methyl sites for hydroxylation is 3. The summed E-state index contributed by atoms with van der Waals surface area (Å²) in [5.74, 6) is 0.946. The number of carbonyl (C=O) groups excluding carboxylic acids is 1. The summed E-state index contributed by atoms with van der Waals surface area (Å²) in [5, 5.41) is 16.0. The van der Waals surface area contributed by atoms with Gasteiger partial charge in [0.25, 0.3) is 0 Å². The normalized spacial score (nSPS) is 11.7. The fourth-order valence-electron chi connectivity index (χ4n) is 4.59. The number of benzene rings is 4. The van der Waals surface area contributed by atoms with E-state index in [0.29, 0.717) is 23.2 Å². The molecule has 1 unspecified atom stereocenters. The van der Waals surface area contributed by atoms with E-state index in [-0.39, 0.29) is 11.8 Å². The lowest BCUT2D eigenvalue weighted by molar-refractivity contribution is 0.247. The molecule has 1 aromatic heterocycles. The van der Waals surface area contributed by atoms with Gasteiger partial charge < -0.3 is 10.6 Å². The molecule has 5 aromatic rings. The number of halogens is 1. The Morgan fingerprint density at radius 1 is 0.854 bits per heavy atom. The van der Waals surface area contributed by atoms with E-state index < -0.39 is 6.04 Å². The predicted molar refractivity (Wildman–Crippen MR) is 163 cm³/mol. The predicted octanol–water partition coefficient (Wildman–Crippen LogP) is 7.73. The van der Waals surface area contributed by atoms with Gasteiger partial charge in [-0.1, -0.05) is 89.6 Å². The largest absolute Gasteiger partial charge is 0.327 e. The molecule has 0 aliphatic rings. The van der Waals surface area contributed by atoms with E-state index in [0.717, 1.165) is 39.2 Å². The summed E-state index contributed by atoms with van der Waals surface area (Å²) in [4.78, 5) is 13.3. The highest BCUT2D eigenvalue weighted by Gasteiger charge is 2.25. The molecular formula is C33H32FN5OS. The summed E-state index contributed by atoms with van der Waals surface area (Å²) in [6.45, 7) is 6.04. The van der Waals surface area contributed by atoms with Crippen LogP contribution in [0.2, 0.25) is 0 Å². The first-order valence-electron chi connectivity index (χ1n) is 13.4. The van der Waals surface area contributed by atoms with Crippen molar-refractivity contribution in [2.45, 2.75) is 44.1 Å². The average Bonchev–Trinajstić information content (AvgIpc) is 3.39. The van der Waals surface area contributed by atoms with E-state index in [4.69, 9.17) is 0 Å². The minimum atomic E-state index is -0.475. The van der Waals surface area contributed by atoms with Gasteiger partial charge in [-0.05, 0) is 67.8 Å². The van der Waals surface area contributed by atoms with Crippen LogP contribution >= 0.6 is 11.8 Å². The van der Waals surface area contributed by atoms with Gasteiger partial charge in [0.1, 0.15) is 5.82 Å². The summed E-state index contributed by atoms with van der Waals surface area (Å²) >= 11 is 1.51. The van der Waals surface area contributed by atoms with E-state index >= 15 is 0 Å². The van der Waals surface area contributed by atoms with Gasteiger partial charge in [0.2, 0.25) is 0 Å². The van der Waals surface area contributed by atoms with Gasteiger partial charge in [0, 0.05) is 23.5 Å². The van der Waals surface area contributed by atoms with Gasteiger partial charge in [-0.2, -0.15) is 0 Å². The molecule has 5 rings (SSSR count). The lowest BCUT2D eigenvalue weighted by Crippen LogP contribution is -2.35. The van der Waals surface area contributed by atoms with E-state index in [1.807, 2.05) is 98.1 Å². The van der Waals surface area contributed by atoms with Crippen molar-refractivity contribution in [3.63, 3.8) is 0 Å². The molecule has 0 spiro atoms. The highest BCUT2D eigenvalue weighted by Crippen LogP contribution is 2.29. The number of hydrogen-bond donors (Lipinski definition) is 2. The summed E-state index contributed by atoms with van der Waals surface area (Å²) in [6.07, 6.45) is 0.522. The van der Waals surface area contributed by atoms with Crippen molar-refractivity contribution in [2.75, 3.05) is 5.32 Å². The Hall–Kier alpha value is -4.43. The first kappa shape index (κ1) is 28.1. The minimum absolute atomic E-state index is 0.266. The number of thioether (sulfide) groups is 1. The van der Waals surface area contributed by atoms with Crippen LogP contribution in [-0.4, -0.2) is 20.8 Å². The average molecular weight is 566 g/mol. The highest BCUT2D eigenvalue weighted by molar-refractivity contribution is 7.98. The van der Waals surface area contributed by atoms with Gasteiger partial charge in [-0.25, -0.2) is 9.18 Å². The van der Waals surface area contributed by atoms with Crippen molar-refractivity contribution >= 4 is 23.5 Å². The van der Waals surface area contributed by atoms with Crippen LogP contribution in [0.25, 0.3) is 5.69 Å². The third-order valence-corrected chi connectivity index (χ3v) is 7.76. The smallest absolute Gasteiger partial charge is 0.319 e. The summed E-state index contributed by atoms with van der Waals surface area (Å²) < 4.78 is 15.4. The number of urea groups is 1. The molecule has 0 saturated heterocycles. The van der Waals surface area contributed by atoms with Gasteiger partial charge in [0.05, 0.1) is 6.04 Å². The molecule has 0 aliphatic heterocycles. The zero-order valence-corrected chi connectivity index (χ0v) is 24.1. The van der Waals surface area contributed by atoms with Gasteiger partial charge in [0.15, 0.2) is 11.0 Å². The Kier molecular flexibility index (Phi) is 8.79. The van der Waals surface area contributed by atoms with Crippen molar-refractivity contribution in [2.24, 2.45) is 0 Å². The highest BCUT2D eigenvalue weighted by atomic mass is 32.2. The zero-order chi connectivity index (χ0) is 28.8. The van der Waals surface area contributed by atoms with Crippen LogP contribution in [0.3, 0.4) is 0 Å². The number of carbonyl (C=O) groups is 1. The van der Waals surface area contributed by atoms with Crippen LogP contribution in [0.5, 0.6) is 0 Å². The fraction of sp³-hybridized carbons (Fsp3) is 0.182. The Balaban J connectivity index is 1.49. The molecule has 8 heteroatoms. The summed E-state index contributed by atoms with van der Waals surface area (Å²) in [5.41, 5.74) is 6.94. The molecule has 0 fully saturated rings. The Labute approximate surface area is 244 Å². The molecule has 208 valence electrons. The molecule has 41 heavy (non-hydrogen) atoms. The monoisotopic (exact) mass is 565 g/mol. The van der Waals surface area contributed by atoms with E-state index in [2.05, 4.69) is 20.8 Å². The second-order valence-electron chi connectivity index (χ2n) is 10.1. The lowest BCUT2D eigenvalue weighted by Gasteiger charge is -2.21. The third-order valence-electron chi connectivity index (χ3n) is 6.76. The Morgan fingerprint density at radius 2 is 1.56 bits per heavy atom.